The van der Waals surface area contributed by atoms with Crippen molar-refractivity contribution in [3.05, 3.63) is 23.9 Å². The quantitative estimate of drug-likeness (QED) is 0.696. The Balaban J connectivity index is 2.10. The Labute approximate surface area is 108 Å². The van der Waals surface area contributed by atoms with Crippen LogP contribution in [0.4, 0.5) is 0 Å². The molecule has 18 heavy (non-hydrogen) atoms. The van der Waals surface area contributed by atoms with Gasteiger partial charge in [-0.2, -0.15) is 0 Å². The van der Waals surface area contributed by atoms with Gasteiger partial charge in [-0.1, -0.05) is 12.2 Å². The zero-order valence-corrected chi connectivity index (χ0v) is 10.6. The maximum Gasteiger partial charge on any atom is 0.303 e. The lowest BCUT2D eigenvalue weighted by Gasteiger charge is -2.29. The van der Waals surface area contributed by atoms with Crippen LogP contribution in [0.5, 0.6) is 0 Å². The molecule has 1 saturated heterocycles. The van der Waals surface area contributed by atoms with Gasteiger partial charge in [-0.3, -0.25) is 4.79 Å². The van der Waals surface area contributed by atoms with E-state index in [0.29, 0.717) is 0 Å². The van der Waals surface area contributed by atoms with E-state index in [1.807, 2.05) is 12.2 Å². The largest absolute Gasteiger partial charge is 0.481 e. The molecule has 2 rings (SSSR count). The number of fused-ring (bicyclic) bond motifs is 1. The van der Waals surface area contributed by atoms with Crippen LogP contribution in [0.25, 0.3) is 0 Å². The van der Waals surface area contributed by atoms with Crippen molar-refractivity contribution in [2.75, 3.05) is 6.54 Å². The van der Waals surface area contributed by atoms with E-state index in [-0.39, 0.29) is 24.3 Å². The summed E-state index contributed by atoms with van der Waals surface area (Å²) in [6.45, 7) is 0.934. The summed E-state index contributed by atoms with van der Waals surface area (Å²) in [6, 6.07) is 0.252. The number of aliphatic carboxylic acids is 1. The van der Waals surface area contributed by atoms with E-state index in [2.05, 4.69) is 11.4 Å². The third-order valence-corrected chi connectivity index (χ3v) is 3.89. The maximum absolute atomic E-state index is 10.9. The Morgan fingerprint density at radius 3 is 3.06 bits per heavy atom. The highest BCUT2D eigenvalue weighted by molar-refractivity contribution is 5.67. The average Bonchev–Trinajstić information content (AvgIpc) is 2.40. The fourth-order valence-electron chi connectivity index (χ4n) is 2.90. The number of carboxylic acid groups (broad SMARTS) is 1. The first-order valence-corrected chi connectivity index (χ1v) is 6.76. The molecule has 1 heterocycles. The lowest BCUT2D eigenvalue weighted by Crippen LogP contribution is -2.29. The van der Waals surface area contributed by atoms with Crippen molar-refractivity contribution in [3.8, 4) is 0 Å². The number of carboxylic acids is 1. The van der Waals surface area contributed by atoms with Crippen molar-refractivity contribution in [2.45, 2.75) is 38.1 Å². The van der Waals surface area contributed by atoms with Crippen LogP contribution in [0.3, 0.4) is 0 Å². The minimum atomic E-state index is -0.727. The third kappa shape index (κ3) is 3.35. The summed E-state index contributed by atoms with van der Waals surface area (Å²) < 4.78 is 0. The van der Waals surface area contributed by atoms with Gasteiger partial charge in [-0.25, -0.2) is 0 Å². The highest BCUT2D eigenvalue weighted by atomic mass is 16.4. The molecule has 0 amide bonds. The molecule has 0 aromatic heterocycles. The lowest BCUT2D eigenvalue weighted by atomic mass is 9.80. The molecule has 1 aliphatic carbocycles. The topological polar surface area (TPSA) is 75.3 Å². The molecule has 0 bridgehead atoms. The Kier molecular flexibility index (Phi) is 4.42. The van der Waals surface area contributed by atoms with Crippen LogP contribution in [0.15, 0.2) is 23.9 Å². The Bertz CT molecular complexity index is 363. The van der Waals surface area contributed by atoms with Gasteiger partial charge in [-0.15, -0.1) is 0 Å². The number of nitrogens with one attached hydrogen (secondary N) is 1. The molecule has 3 unspecified atom stereocenters. The van der Waals surface area contributed by atoms with E-state index >= 15 is 0 Å². The Hall–Kier alpha value is -1.29. The molecule has 3 atom stereocenters. The second-order valence-corrected chi connectivity index (χ2v) is 5.28. The van der Waals surface area contributed by atoms with Gasteiger partial charge in [0, 0.05) is 24.2 Å². The van der Waals surface area contributed by atoms with Gasteiger partial charge in [0.1, 0.15) is 0 Å². The van der Waals surface area contributed by atoms with Gasteiger partial charge in [0.15, 0.2) is 0 Å². The number of hydrogen-bond acceptors (Lipinski definition) is 3. The molecule has 0 spiro atoms. The highest BCUT2D eigenvalue weighted by Crippen LogP contribution is 2.32. The monoisotopic (exact) mass is 250 g/mol. The normalized spacial score (nSPS) is 32.3. The Morgan fingerprint density at radius 1 is 1.44 bits per heavy atom. The molecule has 4 N–H and O–H groups in total. The molecule has 0 aromatic carbocycles. The van der Waals surface area contributed by atoms with Crippen molar-refractivity contribution in [1.29, 1.82) is 0 Å². The van der Waals surface area contributed by atoms with E-state index < -0.39 is 5.97 Å². The first-order valence-electron chi connectivity index (χ1n) is 6.76. The minimum absolute atomic E-state index is 0.0975. The van der Waals surface area contributed by atoms with Crippen LogP contribution in [0.1, 0.15) is 32.1 Å². The van der Waals surface area contributed by atoms with Crippen LogP contribution >= 0.6 is 0 Å². The van der Waals surface area contributed by atoms with Crippen LogP contribution in [-0.2, 0) is 4.79 Å². The van der Waals surface area contributed by atoms with Gasteiger partial charge in [0.05, 0.1) is 6.42 Å². The SMILES string of the molecule is NC1CCCNC2=CC=CC(CC(=O)O)C2CC1. The molecule has 2 aliphatic rings. The minimum Gasteiger partial charge on any atom is -0.481 e. The number of nitrogens with two attached hydrogens (primary N) is 1. The smallest absolute Gasteiger partial charge is 0.303 e. The number of hydrogen-bond donors (Lipinski definition) is 3. The van der Waals surface area contributed by atoms with Crippen LogP contribution in [0, 0.1) is 11.8 Å². The first kappa shape index (κ1) is 13.1. The summed E-state index contributed by atoms with van der Waals surface area (Å²) in [5, 5.41) is 12.4. The predicted molar refractivity (Wildman–Crippen MR) is 70.9 cm³/mol. The summed E-state index contributed by atoms with van der Waals surface area (Å²) in [4.78, 5) is 10.9. The summed E-state index contributed by atoms with van der Waals surface area (Å²) >= 11 is 0. The standard InChI is InChI=1S/C14H22N2O2/c15-11-4-2-8-16-13-5-1-3-10(9-14(17)18)12(13)7-6-11/h1,3,5,10-12,16H,2,4,6-9,15H2,(H,17,18). The summed E-state index contributed by atoms with van der Waals surface area (Å²) in [5.41, 5.74) is 7.25. The van der Waals surface area contributed by atoms with Crippen molar-refractivity contribution < 1.29 is 9.90 Å². The van der Waals surface area contributed by atoms with Crippen molar-refractivity contribution in [3.63, 3.8) is 0 Å². The van der Waals surface area contributed by atoms with Gasteiger partial charge >= 0.3 is 5.97 Å². The second-order valence-electron chi connectivity index (χ2n) is 5.28. The van der Waals surface area contributed by atoms with E-state index in [4.69, 9.17) is 10.8 Å². The van der Waals surface area contributed by atoms with Gasteiger partial charge in [0.2, 0.25) is 0 Å². The second kappa shape index (κ2) is 6.05. The zero-order chi connectivity index (χ0) is 13.0. The number of carbonyl (C=O) groups is 1. The lowest BCUT2D eigenvalue weighted by molar-refractivity contribution is -0.138. The summed E-state index contributed by atoms with van der Waals surface area (Å²) in [7, 11) is 0. The fraction of sp³-hybridized carbons (Fsp3) is 0.643. The summed E-state index contributed by atoms with van der Waals surface area (Å²) in [5.74, 6) is -0.342. The average molecular weight is 250 g/mol. The zero-order valence-electron chi connectivity index (χ0n) is 10.6. The highest BCUT2D eigenvalue weighted by Gasteiger charge is 2.28. The van der Waals surface area contributed by atoms with Crippen molar-refractivity contribution in [1.82, 2.24) is 5.32 Å². The Morgan fingerprint density at radius 2 is 2.28 bits per heavy atom. The van der Waals surface area contributed by atoms with Gasteiger partial charge < -0.3 is 16.2 Å². The predicted octanol–water partition coefficient (Wildman–Crippen LogP) is 1.64. The molecule has 0 radical (unpaired) electrons. The van der Waals surface area contributed by atoms with Crippen LogP contribution in [0.2, 0.25) is 0 Å². The van der Waals surface area contributed by atoms with Gasteiger partial charge in [0.25, 0.3) is 0 Å². The molecule has 4 heteroatoms. The number of rotatable bonds is 2. The van der Waals surface area contributed by atoms with E-state index in [9.17, 15) is 4.79 Å². The first-order chi connectivity index (χ1) is 8.66. The molecular formula is C14H22N2O2. The van der Waals surface area contributed by atoms with Crippen molar-refractivity contribution >= 4 is 5.97 Å². The fourth-order valence-corrected chi connectivity index (χ4v) is 2.90. The molecule has 1 aliphatic heterocycles. The van der Waals surface area contributed by atoms with Crippen LogP contribution in [-0.4, -0.2) is 23.7 Å². The maximum atomic E-state index is 10.9. The summed E-state index contributed by atoms with van der Waals surface area (Å²) in [6.07, 6.45) is 10.4. The number of allylic oxidation sites excluding steroid dienone is 4. The molecule has 0 saturated carbocycles. The van der Waals surface area contributed by atoms with E-state index in [0.717, 1.165) is 32.2 Å². The molecular weight excluding hydrogens is 228 g/mol. The molecule has 1 fully saturated rings. The molecule has 0 aromatic rings. The van der Waals surface area contributed by atoms with Crippen LogP contribution < -0.4 is 11.1 Å². The van der Waals surface area contributed by atoms with Crippen molar-refractivity contribution in [2.24, 2.45) is 17.6 Å². The molecule has 100 valence electrons. The van der Waals surface area contributed by atoms with E-state index in [1.54, 1.807) is 0 Å². The molecule has 4 nitrogen and oxygen atoms in total. The third-order valence-electron chi connectivity index (χ3n) is 3.89. The van der Waals surface area contributed by atoms with E-state index in [1.165, 1.54) is 5.70 Å². The van der Waals surface area contributed by atoms with Gasteiger partial charge in [-0.05, 0) is 37.7 Å².